The number of para-hydroxylation sites is 1. The van der Waals surface area contributed by atoms with Gasteiger partial charge >= 0.3 is 6.18 Å². The molecule has 0 bridgehead atoms. The highest BCUT2D eigenvalue weighted by atomic mass is 32.2. The van der Waals surface area contributed by atoms with Gasteiger partial charge in [0.15, 0.2) is 0 Å². The van der Waals surface area contributed by atoms with Crippen LogP contribution < -0.4 is 10.0 Å². The van der Waals surface area contributed by atoms with Crippen molar-refractivity contribution in [3.63, 3.8) is 0 Å². The van der Waals surface area contributed by atoms with Crippen LogP contribution in [0.3, 0.4) is 0 Å². The number of amides is 1. The minimum atomic E-state index is -5.15. The monoisotopic (exact) mass is 388 g/mol. The molecular weight excluding hydrogens is 373 g/mol. The van der Waals surface area contributed by atoms with Gasteiger partial charge in [0.2, 0.25) is 5.60 Å². The van der Waals surface area contributed by atoms with Crippen LogP contribution >= 0.6 is 0 Å². The summed E-state index contributed by atoms with van der Waals surface area (Å²) in [4.78, 5) is 11.4. The summed E-state index contributed by atoms with van der Waals surface area (Å²) in [5.74, 6) is -1.68. The van der Waals surface area contributed by atoms with Crippen LogP contribution in [0, 0.1) is 0 Å². The van der Waals surface area contributed by atoms with Crippen LogP contribution in [0.15, 0.2) is 59.5 Å². The second-order valence-corrected chi connectivity index (χ2v) is 7.20. The predicted octanol–water partition coefficient (Wildman–Crippen LogP) is 2.74. The third kappa shape index (κ3) is 4.33. The SMILES string of the molecule is CC(O)(C(=O)Nc1ccc(S(=O)(=O)Nc2ccccc2)cc1)C(F)(F)F. The Morgan fingerprint density at radius 1 is 0.962 bits per heavy atom. The number of nitrogens with one attached hydrogen (secondary N) is 2. The van der Waals surface area contributed by atoms with Gasteiger partial charge in [-0.15, -0.1) is 0 Å². The Labute approximate surface area is 147 Å². The summed E-state index contributed by atoms with van der Waals surface area (Å²) >= 11 is 0. The number of rotatable bonds is 5. The molecule has 10 heteroatoms. The molecule has 0 aliphatic carbocycles. The third-order valence-corrected chi connectivity index (χ3v) is 4.84. The van der Waals surface area contributed by atoms with Crippen LogP contribution in [0.1, 0.15) is 6.92 Å². The van der Waals surface area contributed by atoms with Gasteiger partial charge in [-0.1, -0.05) is 18.2 Å². The van der Waals surface area contributed by atoms with Gasteiger partial charge in [-0.2, -0.15) is 13.2 Å². The highest BCUT2D eigenvalue weighted by Gasteiger charge is 2.55. The Balaban J connectivity index is 2.14. The maximum Gasteiger partial charge on any atom is 0.426 e. The van der Waals surface area contributed by atoms with Crippen LogP contribution in [0.2, 0.25) is 0 Å². The Kier molecular flexibility index (Phi) is 5.28. The van der Waals surface area contributed by atoms with E-state index in [-0.39, 0.29) is 10.6 Å². The van der Waals surface area contributed by atoms with E-state index < -0.39 is 27.7 Å². The first-order chi connectivity index (χ1) is 11.9. The molecule has 26 heavy (non-hydrogen) atoms. The molecule has 0 heterocycles. The Morgan fingerprint density at radius 2 is 1.50 bits per heavy atom. The number of benzene rings is 2. The molecule has 1 unspecified atom stereocenters. The maximum absolute atomic E-state index is 12.6. The molecule has 0 fully saturated rings. The number of alkyl halides is 3. The molecule has 2 aromatic carbocycles. The number of anilines is 2. The first-order valence-corrected chi connectivity index (χ1v) is 8.70. The Morgan fingerprint density at radius 3 is 2.00 bits per heavy atom. The molecule has 3 N–H and O–H groups in total. The van der Waals surface area contributed by atoms with Crippen molar-refractivity contribution in [1.82, 2.24) is 0 Å². The molecule has 2 rings (SSSR count). The lowest BCUT2D eigenvalue weighted by Gasteiger charge is -2.24. The average molecular weight is 388 g/mol. The van der Waals surface area contributed by atoms with Gasteiger partial charge in [0.25, 0.3) is 15.9 Å². The fourth-order valence-electron chi connectivity index (χ4n) is 1.82. The molecule has 0 aromatic heterocycles. The standard InChI is InChI=1S/C16H15F3N2O4S/c1-15(23,16(17,18)19)14(22)20-11-7-9-13(10-8-11)26(24,25)21-12-5-3-2-4-6-12/h2-10,21,23H,1H3,(H,20,22). The van der Waals surface area contributed by atoms with Crippen molar-refractivity contribution in [3.05, 3.63) is 54.6 Å². The topological polar surface area (TPSA) is 95.5 Å². The van der Waals surface area contributed by atoms with E-state index in [0.717, 1.165) is 24.3 Å². The van der Waals surface area contributed by atoms with Gasteiger partial charge < -0.3 is 10.4 Å². The predicted molar refractivity (Wildman–Crippen MR) is 89.0 cm³/mol. The molecule has 0 saturated heterocycles. The summed E-state index contributed by atoms with van der Waals surface area (Å²) in [5.41, 5.74) is -3.34. The molecule has 140 valence electrons. The second kappa shape index (κ2) is 6.96. The van der Waals surface area contributed by atoms with Crippen LogP contribution in [0.4, 0.5) is 24.5 Å². The van der Waals surface area contributed by atoms with Crippen molar-refractivity contribution in [2.75, 3.05) is 10.0 Å². The first kappa shape index (κ1) is 19.7. The number of hydrogen-bond donors (Lipinski definition) is 3. The van der Waals surface area contributed by atoms with E-state index in [9.17, 15) is 31.5 Å². The van der Waals surface area contributed by atoms with Gasteiger partial charge in [-0.3, -0.25) is 9.52 Å². The third-order valence-electron chi connectivity index (χ3n) is 3.44. The van der Waals surface area contributed by atoms with Crippen molar-refractivity contribution >= 4 is 27.3 Å². The minimum absolute atomic E-state index is 0.0989. The highest BCUT2D eigenvalue weighted by molar-refractivity contribution is 7.92. The molecule has 0 saturated carbocycles. The molecule has 6 nitrogen and oxygen atoms in total. The summed E-state index contributed by atoms with van der Waals surface area (Å²) in [6, 6.07) is 12.5. The van der Waals surface area contributed by atoms with Crippen LogP contribution in [-0.4, -0.2) is 31.2 Å². The van der Waals surface area contributed by atoms with E-state index >= 15 is 0 Å². The van der Waals surface area contributed by atoms with Crippen LogP contribution in [0.5, 0.6) is 0 Å². The van der Waals surface area contributed by atoms with E-state index in [1.54, 1.807) is 30.3 Å². The summed E-state index contributed by atoms with van der Waals surface area (Å²) in [7, 11) is -3.90. The minimum Gasteiger partial charge on any atom is -0.373 e. The van der Waals surface area contributed by atoms with Crippen molar-refractivity contribution in [3.8, 4) is 0 Å². The quantitative estimate of drug-likeness (QED) is 0.734. The summed E-state index contributed by atoms with van der Waals surface area (Å²) < 4.78 is 64.7. The zero-order valence-electron chi connectivity index (χ0n) is 13.4. The Hall–Kier alpha value is -2.59. The summed E-state index contributed by atoms with van der Waals surface area (Å²) in [5, 5.41) is 11.2. The van der Waals surface area contributed by atoms with E-state index in [2.05, 4.69) is 4.72 Å². The molecular formula is C16H15F3N2O4S. The van der Waals surface area contributed by atoms with Crippen molar-refractivity contribution in [2.45, 2.75) is 23.6 Å². The van der Waals surface area contributed by atoms with Gasteiger partial charge in [-0.05, 0) is 43.3 Å². The van der Waals surface area contributed by atoms with E-state index in [0.29, 0.717) is 12.6 Å². The summed E-state index contributed by atoms with van der Waals surface area (Å²) in [6.45, 7) is 0.324. The number of sulfonamides is 1. The lowest BCUT2D eigenvalue weighted by atomic mass is 10.1. The molecule has 0 aliphatic heterocycles. The van der Waals surface area contributed by atoms with Crippen molar-refractivity contribution in [1.29, 1.82) is 0 Å². The maximum atomic E-state index is 12.6. The van der Waals surface area contributed by atoms with E-state index in [1.807, 2.05) is 5.32 Å². The number of halogens is 3. The highest BCUT2D eigenvalue weighted by Crippen LogP contribution is 2.31. The first-order valence-electron chi connectivity index (χ1n) is 7.22. The van der Waals surface area contributed by atoms with Gasteiger partial charge in [0.1, 0.15) is 0 Å². The largest absolute Gasteiger partial charge is 0.426 e. The Bertz CT molecular complexity index is 880. The summed E-state index contributed by atoms with van der Waals surface area (Å²) in [6.07, 6.45) is -5.15. The number of carbonyl (C=O) groups is 1. The van der Waals surface area contributed by atoms with Gasteiger partial charge in [0.05, 0.1) is 4.90 Å². The van der Waals surface area contributed by atoms with Crippen LogP contribution in [0.25, 0.3) is 0 Å². The number of carbonyl (C=O) groups excluding carboxylic acids is 1. The molecule has 2 aromatic rings. The number of hydrogen-bond acceptors (Lipinski definition) is 4. The molecule has 1 amide bonds. The number of aliphatic hydroxyl groups is 1. The average Bonchev–Trinajstić information content (AvgIpc) is 2.54. The zero-order valence-corrected chi connectivity index (χ0v) is 14.2. The van der Waals surface area contributed by atoms with Crippen molar-refractivity contribution in [2.24, 2.45) is 0 Å². The fraction of sp³-hybridized carbons (Fsp3) is 0.188. The smallest absolute Gasteiger partial charge is 0.373 e. The fourth-order valence-corrected chi connectivity index (χ4v) is 2.88. The zero-order chi connectivity index (χ0) is 19.6. The van der Waals surface area contributed by atoms with Gasteiger partial charge in [-0.25, -0.2) is 8.42 Å². The lowest BCUT2D eigenvalue weighted by molar-refractivity contribution is -0.242. The lowest BCUT2D eigenvalue weighted by Crippen LogP contribution is -2.52. The van der Waals surface area contributed by atoms with Crippen LogP contribution in [-0.2, 0) is 14.8 Å². The second-order valence-electron chi connectivity index (χ2n) is 5.52. The molecule has 0 spiro atoms. The molecule has 0 aliphatic rings. The molecule has 1 atom stereocenters. The van der Waals surface area contributed by atoms with Gasteiger partial charge in [0, 0.05) is 11.4 Å². The normalized spacial score (nSPS) is 14.3. The van der Waals surface area contributed by atoms with E-state index in [1.165, 1.54) is 0 Å². The van der Waals surface area contributed by atoms with Crippen molar-refractivity contribution < 1.29 is 31.5 Å². The van der Waals surface area contributed by atoms with E-state index in [4.69, 9.17) is 0 Å². The molecule has 0 radical (unpaired) electrons.